The minimum atomic E-state index is -0.678. The van der Waals surface area contributed by atoms with Crippen LogP contribution in [-0.2, 0) is 14.4 Å². The molecule has 0 aliphatic carbocycles. The zero-order chi connectivity index (χ0) is 27.2. The number of nitrogens with zero attached hydrogens (tertiary/aromatic N) is 3. The summed E-state index contributed by atoms with van der Waals surface area (Å²) < 4.78 is 1.90. The molecule has 196 valence electrons. The fraction of sp³-hybridized carbons (Fsp3) is 0.0741. The van der Waals surface area contributed by atoms with Gasteiger partial charge in [0, 0.05) is 11.8 Å². The summed E-state index contributed by atoms with van der Waals surface area (Å²) in [6.45, 7) is -0.263. The molecule has 0 aliphatic heterocycles. The summed E-state index contributed by atoms with van der Waals surface area (Å²) >= 11 is 2.73. The number of fused-ring (bicyclic) bond motifs is 2. The van der Waals surface area contributed by atoms with E-state index >= 15 is 0 Å². The van der Waals surface area contributed by atoms with E-state index in [0.717, 1.165) is 20.4 Å². The van der Waals surface area contributed by atoms with Crippen LogP contribution in [0.5, 0.6) is 0 Å². The van der Waals surface area contributed by atoms with E-state index in [1.54, 1.807) is 29.2 Å². The Labute approximate surface area is 230 Å². The Bertz CT molecular complexity index is 1540. The first-order valence-corrected chi connectivity index (χ1v) is 13.4. The standard InChI is InChI=1S/C27H22N6O4S2/c34-23(32-37)13-12-17-6-5-7-18(14-17)33(15-24(35)30-26-28-19-8-1-3-10-21(19)38-26)16-25(36)31-27-29-20-9-2-4-11-22(20)39-27/h1-14,37H,15-16H2,(H,32,34)(H,28,30,35)(H,29,31,36)/b13-12+. The van der Waals surface area contributed by atoms with Gasteiger partial charge in [0.05, 0.1) is 33.5 Å². The van der Waals surface area contributed by atoms with E-state index in [-0.39, 0.29) is 24.9 Å². The summed E-state index contributed by atoms with van der Waals surface area (Å²) in [5.74, 6) is -1.37. The quantitative estimate of drug-likeness (QED) is 0.119. The van der Waals surface area contributed by atoms with Crippen LogP contribution in [0, 0.1) is 0 Å². The smallest absolute Gasteiger partial charge is 0.267 e. The third-order valence-electron chi connectivity index (χ3n) is 5.52. The van der Waals surface area contributed by atoms with Gasteiger partial charge in [-0.1, -0.05) is 59.1 Å². The molecule has 0 saturated carbocycles. The molecule has 0 fully saturated rings. The molecule has 0 aliphatic rings. The minimum Gasteiger partial charge on any atom is -0.353 e. The maximum absolute atomic E-state index is 13.0. The molecule has 5 aromatic rings. The number of hydroxylamine groups is 1. The minimum absolute atomic E-state index is 0.131. The highest BCUT2D eigenvalue weighted by molar-refractivity contribution is 7.22. The van der Waals surface area contributed by atoms with Gasteiger partial charge in [-0.2, -0.15) is 0 Å². The molecule has 3 aromatic carbocycles. The predicted octanol–water partition coefficient (Wildman–Crippen LogP) is 4.51. The molecular formula is C27H22N6O4S2. The molecule has 2 aromatic heterocycles. The van der Waals surface area contributed by atoms with Crippen LogP contribution in [0.3, 0.4) is 0 Å². The van der Waals surface area contributed by atoms with Gasteiger partial charge < -0.3 is 15.5 Å². The van der Waals surface area contributed by atoms with Crippen molar-refractivity contribution in [3.05, 3.63) is 84.4 Å². The van der Waals surface area contributed by atoms with Crippen LogP contribution in [0.25, 0.3) is 26.5 Å². The molecule has 12 heteroatoms. The monoisotopic (exact) mass is 558 g/mol. The average molecular weight is 559 g/mol. The fourth-order valence-corrected chi connectivity index (χ4v) is 5.55. The SMILES string of the molecule is O=C(/C=C/c1cccc(N(CC(=O)Nc2nc3ccccc3s2)CC(=O)Nc2nc3ccccc3s2)c1)NO. The topological polar surface area (TPSA) is 137 Å². The number of hydrogen-bond donors (Lipinski definition) is 4. The predicted molar refractivity (Wildman–Crippen MR) is 154 cm³/mol. The largest absolute Gasteiger partial charge is 0.353 e. The summed E-state index contributed by atoms with van der Waals surface area (Å²) in [7, 11) is 0. The van der Waals surface area contributed by atoms with Crippen LogP contribution in [0.2, 0.25) is 0 Å². The van der Waals surface area contributed by atoms with E-state index in [0.29, 0.717) is 21.5 Å². The van der Waals surface area contributed by atoms with Crippen molar-refractivity contribution in [1.29, 1.82) is 0 Å². The van der Waals surface area contributed by atoms with E-state index in [1.165, 1.54) is 40.3 Å². The first-order valence-electron chi connectivity index (χ1n) is 11.7. The second-order valence-electron chi connectivity index (χ2n) is 8.33. The summed E-state index contributed by atoms with van der Waals surface area (Å²) in [4.78, 5) is 48.0. The van der Waals surface area contributed by atoms with Crippen LogP contribution in [0.1, 0.15) is 5.56 Å². The molecule has 0 bridgehead atoms. The molecule has 10 nitrogen and oxygen atoms in total. The number of thiazole rings is 2. The van der Waals surface area contributed by atoms with E-state index < -0.39 is 5.91 Å². The second-order valence-corrected chi connectivity index (χ2v) is 10.4. The van der Waals surface area contributed by atoms with Crippen LogP contribution >= 0.6 is 22.7 Å². The highest BCUT2D eigenvalue weighted by atomic mass is 32.1. The normalized spacial score (nSPS) is 11.1. The molecule has 0 saturated heterocycles. The van der Waals surface area contributed by atoms with Crippen molar-refractivity contribution < 1.29 is 19.6 Å². The third-order valence-corrected chi connectivity index (χ3v) is 7.43. The van der Waals surface area contributed by atoms with E-state index in [1.807, 2.05) is 48.5 Å². The van der Waals surface area contributed by atoms with Crippen LogP contribution in [-0.4, -0.2) is 46.0 Å². The summed E-state index contributed by atoms with van der Waals surface area (Å²) in [5, 5.41) is 15.3. The summed E-state index contributed by atoms with van der Waals surface area (Å²) in [6.07, 6.45) is 2.68. The molecule has 0 radical (unpaired) electrons. The number of amides is 3. The zero-order valence-electron chi connectivity index (χ0n) is 20.3. The van der Waals surface area contributed by atoms with Gasteiger partial charge in [-0.15, -0.1) is 0 Å². The van der Waals surface area contributed by atoms with Crippen molar-refractivity contribution >= 4 is 82.9 Å². The molecule has 0 spiro atoms. The number of rotatable bonds is 9. The lowest BCUT2D eigenvalue weighted by atomic mass is 10.1. The molecule has 0 unspecified atom stereocenters. The highest BCUT2D eigenvalue weighted by Crippen LogP contribution is 2.27. The van der Waals surface area contributed by atoms with Gasteiger partial charge in [-0.3, -0.25) is 19.6 Å². The Hall–Kier alpha value is -4.65. The number of carbonyl (C=O) groups is 3. The Morgan fingerprint density at radius 2 is 1.36 bits per heavy atom. The lowest BCUT2D eigenvalue weighted by Gasteiger charge is -2.23. The maximum atomic E-state index is 13.0. The average Bonchev–Trinajstić information content (AvgIpc) is 3.54. The Morgan fingerprint density at radius 3 is 1.90 bits per heavy atom. The number of hydrogen-bond acceptors (Lipinski definition) is 9. The number of anilines is 3. The molecular weight excluding hydrogens is 536 g/mol. The van der Waals surface area contributed by atoms with Gasteiger partial charge >= 0.3 is 0 Å². The molecule has 4 N–H and O–H groups in total. The first kappa shape index (κ1) is 26.0. The summed E-state index contributed by atoms with van der Waals surface area (Å²) in [5.41, 5.74) is 4.34. The van der Waals surface area contributed by atoms with Crippen molar-refractivity contribution in [2.75, 3.05) is 28.6 Å². The van der Waals surface area contributed by atoms with E-state index in [2.05, 4.69) is 20.6 Å². The Balaban J connectivity index is 1.35. The third kappa shape index (κ3) is 6.62. The lowest BCUT2D eigenvalue weighted by Crippen LogP contribution is -2.39. The van der Waals surface area contributed by atoms with Crippen molar-refractivity contribution in [3.8, 4) is 0 Å². The van der Waals surface area contributed by atoms with Crippen molar-refractivity contribution in [2.45, 2.75) is 0 Å². The van der Waals surface area contributed by atoms with Gasteiger partial charge in [-0.25, -0.2) is 15.4 Å². The molecule has 0 atom stereocenters. The molecule has 3 amide bonds. The van der Waals surface area contributed by atoms with Crippen molar-refractivity contribution in [2.24, 2.45) is 0 Å². The van der Waals surface area contributed by atoms with Gasteiger partial charge in [0.2, 0.25) is 11.8 Å². The van der Waals surface area contributed by atoms with Gasteiger partial charge in [-0.05, 0) is 48.0 Å². The zero-order valence-corrected chi connectivity index (χ0v) is 22.0. The fourth-order valence-electron chi connectivity index (χ4n) is 3.79. The van der Waals surface area contributed by atoms with Crippen molar-refractivity contribution in [1.82, 2.24) is 15.4 Å². The Morgan fingerprint density at radius 1 is 0.795 bits per heavy atom. The molecule has 39 heavy (non-hydrogen) atoms. The van der Waals surface area contributed by atoms with E-state index in [9.17, 15) is 14.4 Å². The van der Waals surface area contributed by atoms with Crippen molar-refractivity contribution in [3.63, 3.8) is 0 Å². The van der Waals surface area contributed by atoms with Crippen LogP contribution < -0.4 is 21.0 Å². The molecule has 2 heterocycles. The molecule has 5 rings (SSSR count). The number of nitrogens with one attached hydrogen (secondary N) is 3. The number of aromatic nitrogens is 2. The highest BCUT2D eigenvalue weighted by Gasteiger charge is 2.18. The van der Waals surface area contributed by atoms with Crippen LogP contribution in [0.15, 0.2) is 78.9 Å². The van der Waals surface area contributed by atoms with Gasteiger partial charge in [0.15, 0.2) is 10.3 Å². The maximum Gasteiger partial charge on any atom is 0.267 e. The van der Waals surface area contributed by atoms with Crippen LogP contribution in [0.4, 0.5) is 16.0 Å². The Kier molecular flexibility index (Phi) is 7.87. The number of para-hydroxylation sites is 2. The summed E-state index contributed by atoms with van der Waals surface area (Å²) in [6, 6.07) is 22.2. The second kappa shape index (κ2) is 11.8. The van der Waals surface area contributed by atoms with Gasteiger partial charge in [0.1, 0.15) is 0 Å². The van der Waals surface area contributed by atoms with Gasteiger partial charge in [0.25, 0.3) is 5.91 Å². The van der Waals surface area contributed by atoms with E-state index in [4.69, 9.17) is 5.21 Å². The number of carbonyl (C=O) groups excluding carboxylic acids is 3. The lowest BCUT2D eigenvalue weighted by molar-refractivity contribution is -0.124. The first-order chi connectivity index (χ1) is 19.0. The number of benzene rings is 3.